The molecule has 0 radical (unpaired) electrons. The maximum atomic E-state index is 15.0. The topological polar surface area (TPSA) is 95.0 Å². The summed E-state index contributed by atoms with van der Waals surface area (Å²) >= 11 is 6.32. The number of fused-ring (bicyclic) bond motifs is 4. The number of anilines is 1. The van der Waals surface area contributed by atoms with Crippen LogP contribution < -0.4 is 4.90 Å². The smallest absolute Gasteiger partial charge is 0.246 e. The van der Waals surface area contributed by atoms with Crippen molar-refractivity contribution in [2.45, 2.75) is 31.1 Å². The molecule has 6 atom stereocenters. The standard InChI is InChI=1S/C34H29ClN2O5/c1-2-36-30(39)24-16-15-22-25(28(24)32(36)41)18-26-31(40)37(21-12-8-11-20(35)17-21)33(42)34(26,19-9-4-3-5-10-19)29(22)23-13-6-7-14-27(23)38/h3-15,17,24-26,28-29,38H,2,16,18H2,1H3/t24-,25+,26-,28-,29+,34+/m0/s1. The quantitative estimate of drug-likeness (QED) is 0.337. The number of phenols is 1. The Bertz CT molecular complexity index is 1690. The number of likely N-dealkylation sites (tertiary alicyclic amines) is 1. The molecule has 4 aliphatic rings. The molecule has 3 aromatic carbocycles. The summed E-state index contributed by atoms with van der Waals surface area (Å²) in [7, 11) is 0. The molecule has 7 rings (SSSR count). The van der Waals surface area contributed by atoms with Crippen LogP contribution in [0.5, 0.6) is 5.75 Å². The molecule has 8 heteroatoms. The first-order valence-corrected chi connectivity index (χ1v) is 14.7. The van der Waals surface area contributed by atoms with E-state index in [2.05, 4.69) is 0 Å². The molecular weight excluding hydrogens is 552 g/mol. The first-order valence-electron chi connectivity index (χ1n) is 14.3. The molecule has 0 spiro atoms. The highest BCUT2D eigenvalue weighted by Crippen LogP contribution is 2.65. The van der Waals surface area contributed by atoms with Crippen molar-refractivity contribution in [3.8, 4) is 5.75 Å². The number of imide groups is 2. The molecule has 3 fully saturated rings. The van der Waals surface area contributed by atoms with Crippen molar-refractivity contribution in [2.24, 2.45) is 23.7 Å². The zero-order valence-corrected chi connectivity index (χ0v) is 23.7. The third-order valence-corrected chi connectivity index (χ3v) is 10.1. The highest BCUT2D eigenvalue weighted by molar-refractivity contribution is 6.32. The Balaban J connectivity index is 1.51. The number of hydrogen-bond donors (Lipinski definition) is 1. The van der Waals surface area contributed by atoms with Gasteiger partial charge in [-0.1, -0.05) is 77.8 Å². The SMILES string of the molecule is CCN1C(=O)[C@H]2[C@H](CC=C3[C@H]2C[C@H]2C(=O)N(c4cccc(Cl)c4)C(=O)[C@@]2(c2ccccc2)[C@H]3c2ccccc2O)C1=O. The first kappa shape index (κ1) is 26.7. The van der Waals surface area contributed by atoms with Gasteiger partial charge < -0.3 is 5.11 Å². The summed E-state index contributed by atoms with van der Waals surface area (Å²) in [5, 5.41) is 11.7. The number of benzene rings is 3. The molecule has 7 nitrogen and oxygen atoms in total. The van der Waals surface area contributed by atoms with Crippen molar-refractivity contribution in [1.29, 1.82) is 0 Å². The van der Waals surface area contributed by atoms with E-state index in [1.807, 2.05) is 36.4 Å². The van der Waals surface area contributed by atoms with Gasteiger partial charge in [-0.05, 0) is 55.5 Å². The lowest BCUT2D eigenvalue weighted by atomic mass is 9.49. The van der Waals surface area contributed by atoms with Crippen LogP contribution in [0.3, 0.4) is 0 Å². The fourth-order valence-corrected chi connectivity index (χ4v) is 8.38. The minimum atomic E-state index is -1.40. The minimum absolute atomic E-state index is 0.00527. The van der Waals surface area contributed by atoms with Gasteiger partial charge in [-0.2, -0.15) is 0 Å². The number of hydrogen-bond acceptors (Lipinski definition) is 5. The molecular formula is C34H29ClN2O5. The summed E-state index contributed by atoms with van der Waals surface area (Å²) in [4.78, 5) is 59.1. The molecule has 2 aliphatic carbocycles. The number of rotatable bonds is 4. The fourth-order valence-electron chi connectivity index (χ4n) is 8.20. The lowest BCUT2D eigenvalue weighted by molar-refractivity contribution is -0.140. The van der Waals surface area contributed by atoms with Gasteiger partial charge in [-0.25, -0.2) is 4.90 Å². The molecule has 0 bridgehead atoms. The summed E-state index contributed by atoms with van der Waals surface area (Å²) in [5.41, 5.74) is 0.976. The maximum absolute atomic E-state index is 15.0. The average Bonchev–Trinajstić information content (AvgIpc) is 3.38. The van der Waals surface area contributed by atoms with E-state index in [1.54, 1.807) is 55.5 Å². The Morgan fingerprint density at radius 1 is 0.881 bits per heavy atom. The van der Waals surface area contributed by atoms with Gasteiger partial charge in [-0.3, -0.25) is 24.1 Å². The van der Waals surface area contributed by atoms with E-state index in [9.17, 15) is 19.5 Å². The highest BCUT2D eigenvalue weighted by atomic mass is 35.5. The Morgan fingerprint density at radius 3 is 2.33 bits per heavy atom. The van der Waals surface area contributed by atoms with Crippen LogP contribution in [0.1, 0.15) is 36.8 Å². The molecule has 1 N–H and O–H groups in total. The molecule has 0 aromatic heterocycles. The van der Waals surface area contributed by atoms with Crippen molar-refractivity contribution >= 4 is 40.9 Å². The third-order valence-electron chi connectivity index (χ3n) is 9.82. The van der Waals surface area contributed by atoms with E-state index in [0.29, 0.717) is 28.3 Å². The second-order valence-corrected chi connectivity index (χ2v) is 12.0. The molecule has 2 saturated heterocycles. The van der Waals surface area contributed by atoms with Crippen LogP contribution in [-0.4, -0.2) is 40.2 Å². The summed E-state index contributed by atoms with van der Waals surface area (Å²) < 4.78 is 0. The first-order chi connectivity index (χ1) is 20.3. The van der Waals surface area contributed by atoms with Gasteiger partial charge in [0, 0.05) is 23.0 Å². The summed E-state index contributed by atoms with van der Waals surface area (Å²) in [6.07, 6.45) is 2.58. The van der Waals surface area contributed by atoms with Crippen molar-refractivity contribution in [3.63, 3.8) is 0 Å². The molecule has 0 unspecified atom stereocenters. The fraction of sp³-hybridized carbons (Fsp3) is 0.294. The van der Waals surface area contributed by atoms with Crippen molar-refractivity contribution in [1.82, 2.24) is 4.90 Å². The Hall–Kier alpha value is -4.23. The zero-order chi connectivity index (χ0) is 29.3. The number of para-hydroxylation sites is 1. The van der Waals surface area contributed by atoms with Crippen LogP contribution in [-0.2, 0) is 24.6 Å². The number of halogens is 1. The second kappa shape index (κ2) is 9.66. The van der Waals surface area contributed by atoms with Gasteiger partial charge in [0.2, 0.25) is 23.6 Å². The van der Waals surface area contributed by atoms with E-state index in [4.69, 9.17) is 11.6 Å². The van der Waals surface area contributed by atoms with Gasteiger partial charge in [0.25, 0.3) is 0 Å². The van der Waals surface area contributed by atoms with Gasteiger partial charge in [0.1, 0.15) is 5.75 Å². The number of carbonyl (C=O) groups is 4. The van der Waals surface area contributed by atoms with Gasteiger partial charge >= 0.3 is 0 Å². The summed E-state index contributed by atoms with van der Waals surface area (Å²) in [5.74, 6) is -4.35. The normalized spacial score (nSPS) is 30.2. The largest absolute Gasteiger partial charge is 0.508 e. The molecule has 4 amide bonds. The monoisotopic (exact) mass is 580 g/mol. The summed E-state index contributed by atoms with van der Waals surface area (Å²) in [6.45, 7) is 2.07. The minimum Gasteiger partial charge on any atom is -0.508 e. The molecule has 3 aromatic rings. The van der Waals surface area contributed by atoms with Crippen LogP contribution in [0.25, 0.3) is 0 Å². The number of allylic oxidation sites excluding steroid dienone is 2. The Morgan fingerprint density at radius 2 is 1.62 bits per heavy atom. The Labute approximate surface area is 248 Å². The van der Waals surface area contributed by atoms with E-state index >= 15 is 4.79 Å². The second-order valence-electron chi connectivity index (χ2n) is 11.6. The molecule has 212 valence electrons. The van der Waals surface area contributed by atoms with Gasteiger partial charge in [0.05, 0.1) is 28.9 Å². The van der Waals surface area contributed by atoms with Crippen LogP contribution in [0, 0.1) is 23.7 Å². The van der Waals surface area contributed by atoms with Crippen LogP contribution in [0.4, 0.5) is 5.69 Å². The van der Waals surface area contributed by atoms with Crippen LogP contribution in [0.2, 0.25) is 5.02 Å². The highest BCUT2D eigenvalue weighted by Gasteiger charge is 2.70. The number of aromatic hydroxyl groups is 1. The van der Waals surface area contributed by atoms with E-state index in [1.165, 1.54) is 9.80 Å². The lowest BCUT2D eigenvalue weighted by Gasteiger charge is -2.50. The van der Waals surface area contributed by atoms with Crippen molar-refractivity contribution in [2.75, 3.05) is 11.4 Å². The maximum Gasteiger partial charge on any atom is 0.246 e. The molecule has 2 aliphatic heterocycles. The van der Waals surface area contributed by atoms with Gasteiger partial charge in [-0.15, -0.1) is 0 Å². The van der Waals surface area contributed by atoms with Crippen molar-refractivity contribution in [3.05, 3.63) is 107 Å². The molecule has 42 heavy (non-hydrogen) atoms. The number of amides is 4. The number of nitrogens with zero attached hydrogens (tertiary/aromatic N) is 2. The van der Waals surface area contributed by atoms with E-state index in [0.717, 1.165) is 5.57 Å². The van der Waals surface area contributed by atoms with E-state index in [-0.39, 0.29) is 36.4 Å². The predicted molar refractivity (Wildman–Crippen MR) is 157 cm³/mol. The molecule has 2 heterocycles. The number of phenolic OH excluding ortho intramolecular Hbond substituents is 1. The average molecular weight is 581 g/mol. The zero-order valence-electron chi connectivity index (χ0n) is 22.9. The van der Waals surface area contributed by atoms with Crippen LogP contribution >= 0.6 is 11.6 Å². The Kier molecular flexibility index (Phi) is 6.13. The number of carbonyl (C=O) groups excluding carboxylic acids is 4. The van der Waals surface area contributed by atoms with Gasteiger partial charge in [0.15, 0.2) is 0 Å². The predicted octanol–water partition coefficient (Wildman–Crippen LogP) is 5.23. The lowest BCUT2D eigenvalue weighted by Crippen LogP contribution is -2.53. The summed E-state index contributed by atoms with van der Waals surface area (Å²) in [6, 6.07) is 22.8. The molecule has 1 saturated carbocycles. The van der Waals surface area contributed by atoms with Crippen LogP contribution in [0.15, 0.2) is 90.5 Å². The van der Waals surface area contributed by atoms with E-state index < -0.39 is 40.9 Å². The van der Waals surface area contributed by atoms with Crippen molar-refractivity contribution < 1.29 is 24.3 Å². The third kappa shape index (κ3) is 3.46.